The quantitative estimate of drug-likeness (QED) is 0.710. The molecule has 3 rings (SSSR count). The van der Waals surface area contributed by atoms with E-state index in [9.17, 15) is 5.11 Å². The Balaban J connectivity index is 0.00000225. The molecule has 2 unspecified atom stereocenters. The summed E-state index contributed by atoms with van der Waals surface area (Å²) in [5.41, 5.74) is 1.04. The molecule has 2 aliphatic rings. The van der Waals surface area contributed by atoms with Crippen molar-refractivity contribution in [1.82, 2.24) is 0 Å². The Kier molecular flexibility index (Phi) is 8.97. The molecular formula is C20H32ClNOS2. The third-order valence-corrected chi connectivity index (χ3v) is 9.51. The Morgan fingerprint density at radius 1 is 1.12 bits per heavy atom. The molecule has 142 valence electrons. The normalized spacial score (nSPS) is 23.0. The number of aliphatic hydroxyl groups is 1. The van der Waals surface area contributed by atoms with Crippen LogP contribution >= 0.6 is 23.5 Å². The third kappa shape index (κ3) is 5.55. The van der Waals surface area contributed by atoms with Crippen LogP contribution in [-0.2, 0) is 0 Å². The molecule has 0 spiro atoms. The Morgan fingerprint density at radius 2 is 1.76 bits per heavy atom. The van der Waals surface area contributed by atoms with Gasteiger partial charge in [0.05, 0.1) is 10.6 Å². The van der Waals surface area contributed by atoms with Gasteiger partial charge in [0.1, 0.15) is 12.1 Å². The Hall–Kier alpha value is 0.130. The van der Waals surface area contributed by atoms with Gasteiger partial charge in [-0.15, -0.1) is 23.5 Å². The van der Waals surface area contributed by atoms with E-state index in [0.717, 1.165) is 18.0 Å². The number of nitrogens with two attached hydrogens (primary N) is 1. The van der Waals surface area contributed by atoms with Crippen LogP contribution < -0.4 is 17.7 Å². The molecule has 0 amide bonds. The molecule has 1 aromatic carbocycles. The summed E-state index contributed by atoms with van der Waals surface area (Å²) >= 11 is 4.47. The minimum absolute atomic E-state index is 0. The maximum absolute atomic E-state index is 10.6. The van der Waals surface area contributed by atoms with Crippen molar-refractivity contribution < 1.29 is 22.8 Å². The van der Waals surface area contributed by atoms with Gasteiger partial charge in [-0.3, -0.25) is 0 Å². The molecule has 1 saturated carbocycles. The number of quaternary nitrogens is 1. The van der Waals surface area contributed by atoms with Crippen molar-refractivity contribution in [2.24, 2.45) is 5.92 Å². The monoisotopic (exact) mass is 401 g/mol. The van der Waals surface area contributed by atoms with Crippen molar-refractivity contribution in [3.05, 3.63) is 35.9 Å². The van der Waals surface area contributed by atoms with Gasteiger partial charge >= 0.3 is 0 Å². The lowest BCUT2D eigenvalue weighted by Crippen LogP contribution is -3.00. The highest BCUT2D eigenvalue weighted by molar-refractivity contribution is 8.21. The van der Waals surface area contributed by atoms with Crippen molar-refractivity contribution in [2.75, 3.05) is 18.1 Å². The largest absolute Gasteiger partial charge is 1.00 e. The predicted molar refractivity (Wildman–Crippen MR) is 106 cm³/mol. The number of thioether (sulfide) groups is 2. The molecule has 1 saturated heterocycles. The minimum atomic E-state index is -0.374. The molecule has 2 atom stereocenters. The maximum Gasteiger partial charge on any atom is 0.130 e. The molecule has 0 aromatic heterocycles. The predicted octanol–water partition coefficient (Wildman–Crippen LogP) is 0.823. The van der Waals surface area contributed by atoms with E-state index in [0.29, 0.717) is 4.08 Å². The van der Waals surface area contributed by atoms with Crippen LogP contribution in [0.1, 0.15) is 57.1 Å². The summed E-state index contributed by atoms with van der Waals surface area (Å²) in [5.74, 6) is 3.55. The van der Waals surface area contributed by atoms with Crippen LogP contribution in [-0.4, -0.2) is 33.3 Å². The topological polar surface area (TPSA) is 36.8 Å². The SMILES string of the molecule is CC([NH2+]CCC1(C2CCCCC2)SCCS1)C(O)c1ccccc1.[Cl-]. The molecule has 25 heavy (non-hydrogen) atoms. The molecule has 1 heterocycles. The molecule has 5 heteroatoms. The molecule has 0 radical (unpaired) electrons. The summed E-state index contributed by atoms with van der Waals surface area (Å²) < 4.78 is 0.467. The number of aliphatic hydroxyl groups excluding tert-OH is 1. The van der Waals surface area contributed by atoms with E-state index in [1.54, 1.807) is 0 Å². The maximum atomic E-state index is 10.6. The van der Waals surface area contributed by atoms with Gasteiger partial charge in [-0.05, 0) is 31.2 Å². The Morgan fingerprint density at radius 3 is 2.40 bits per heavy atom. The Labute approximate surface area is 167 Å². The van der Waals surface area contributed by atoms with E-state index in [1.165, 1.54) is 50.0 Å². The van der Waals surface area contributed by atoms with Crippen molar-refractivity contribution in [3.63, 3.8) is 0 Å². The lowest BCUT2D eigenvalue weighted by Gasteiger charge is -2.38. The van der Waals surface area contributed by atoms with Gasteiger partial charge in [0, 0.05) is 17.9 Å². The molecule has 2 nitrogen and oxygen atoms in total. The smallest absolute Gasteiger partial charge is 0.130 e. The van der Waals surface area contributed by atoms with Gasteiger partial charge in [0.15, 0.2) is 0 Å². The molecule has 2 fully saturated rings. The number of hydrogen-bond acceptors (Lipinski definition) is 3. The third-order valence-electron chi connectivity index (χ3n) is 5.67. The summed E-state index contributed by atoms with van der Waals surface area (Å²) in [6.07, 6.45) is 8.07. The highest BCUT2D eigenvalue weighted by Gasteiger charge is 2.43. The van der Waals surface area contributed by atoms with Gasteiger partial charge in [-0.2, -0.15) is 0 Å². The van der Waals surface area contributed by atoms with Crippen LogP contribution in [0.2, 0.25) is 0 Å². The second kappa shape index (κ2) is 10.5. The average Bonchev–Trinajstić information content (AvgIpc) is 3.12. The van der Waals surface area contributed by atoms with Crippen molar-refractivity contribution in [2.45, 2.75) is 61.7 Å². The van der Waals surface area contributed by atoms with Crippen molar-refractivity contribution in [3.8, 4) is 0 Å². The summed E-state index contributed by atoms with van der Waals surface area (Å²) in [5, 5.41) is 12.9. The summed E-state index contributed by atoms with van der Waals surface area (Å²) in [4.78, 5) is 0. The van der Waals surface area contributed by atoms with Gasteiger partial charge in [0.25, 0.3) is 0 Å². The van der Waals surface area contributed by atoms with Crippen LogP contribution in [0.4, 0.5) is 0 Å². The molecule has 1 aromatic rings. The lowest BCUT2D eigenvalue weighted by molar-refractivity contribution is -0.694. The van der Waals surface area contributed by atoms with Crippen molar-refractivity contribution in [1.29, 1.82) is 0 Å². The first-order chi connectivity index (χ1) is 11.7. The van der Waals surface area contributed by atoms with Crippen LogP contribution in [0, 0.1) is 5.92 Å². The summed E-state index contributed by atoms with van der Waals surface area (Å²) in [6, 6.07) is 10.3. The van der Waals surface area contributed by atoms with E-state index < -0.39 is 0 Å². The molecule has 3 N–H and O–H groups in total. The first kappa shape index (κ1) is 21.4. The van der Waals surface area contributed by atoms with Crippen LogP contribution in [0.25, 0.3) is 0 Å². The highest BCUT2D eigenvalue weighted by atomic mass is 35.5. The first-order valence-electron chi connectivity index (χ1n) is 9.55. The fourth-order valence-electron chi connectivity index (χ4n) is 4.23. The zero-order chi connectivity index (χ0) is 16.8. The molecule has 0 bridgehead atoms. The van der Waals surface area contributed by atoms with E-state index in [-0.39, 0.29) is 24.6 Å². The average molecular weight is 402 g/mol. The molecule has 1 aliphatic heterocycles. The zero-order valence-electron chi connectivity index (χ0n) is 15.2. The Bertz CT molecular complexity index is 490. The standard InChI is InChI=1S/C20H31NOS2.ClH/c1-16(19(22)17-8-4-2-5-9-17)21-13-12-20(23-14-15-24-20)18-10-6-3-7-11-18;/h2,4-5,8-9,16,18-19,21-22H,3,6-7,10-15H2,1H3;1H. The second-order valence-electron chi connectivity index (χ2n) is 7.33. The lowest BCUT2D eigenvalue weighted by atomic mass is 9.85. The highest BCUT2D eigenvalue weighted by Crippen LogP contribution is 2.54. The number of halogens is 1. The number of hydrogen-bond donors (Lipinski definition) is 2. The van der Waals surface area contributed by atoms with Gasteiger partial charge in [-0.25, -0.2) is 0 Å². The van der Waals surface area contributed by atoms with Gasteiger partial charge in [-0.1, -0.05) is 49.6 Å². The van der Waals surface area contributed by atoms with Crippen LogP contribution in [0.5, 0.6) is 0 Å². The van der Waals surface area contributed by atoms with Crippen LogP contribution in [0.3, 0.4) is 0 Å². The van der Waals surface area contributed by atoms with Crippen LogP contribution in [0.15, 0.2) is 30.3 Å². The van der Waals surface area contributed by atoms with E-state index in [4.69, 9.17) is 0 Å². The van der Waals surface area contributed by atoms with Crippen molar-refractivity contribution >= 4 is 23.5 Å². The van der Waals surface area contributed by atoms with E-state index in [2.05, 4.69) is 35.8 Å². The van der Waals surface area contributed by atoms with E-state index >= 15 is 0 Å². The van der Waals surface area contributed by atoms with Gasteiger partial charge < -0.3 is 22.8 Å². The number of rotatable bonds is 7. The fourth-order valence-corrected chi connectivity index (χ4v) is 7.89. The second-order valence-corrected chi connectivity index (χ2v) is 10.4. The molecule has 1 aliphatic carbocycles. The minimum Gasteiger partial charge on any atom is -1.00 e. The summed E-state index contributed by atoms with van der Waals surface area (Å²) in [6.45, 7) is 3.28. The number of benzene rings is 1. The zero-order valence-corrected chi connectivity index (χ0v) is 17.6. The summed E-state index contributed by atoms with van der Waals surface area (Å²) in [7, 11) is 0. The first-order valence-corrected chi connectivity index (χ1v) is 11.5. The molecular weight excluding hydrogens is 370 g/mol. The fraction of sp³-hybridized carbons (Fsp3) is 0.700. The van der Waals surface area contributed by atoms with E-state index in [1.807, 2.05) is 30.3 Å². The van der Waals surface area contributed by atoms with Gasteiger partial charge in [0.2, 0.25) is 0 Å².